The monoisotopic (exact) mass is 324 g/mol. The summed E-state index contributed by atoms with van der Waals surface area (Å²) in [5, 5.41) is 6.85. The molecule has 5 heteroatoms. The third-order valence-electron chi connectivity index (χ3n) is 4.57. The first kappa shape index (κ1) is 14.9. The molecule has 3 aromatic rings. The summed E-state index contributed by atoms with van der Waals surface area (Å²) in [5.74, 6) is 0.191. The maximum Gasteiger partial charge on any atom is 0.267 e. The summed E-state index contributed by atoms with van der Waals surface area (Å²) in [6, 6.07) is 8.47. The zero-order valence-electron chi connectivity index (χ0n) is 13.1. The molecule has 2 heterocycles. The lowest BCUT2D eigenvalue weighted by Crippen LogP contribution is -2.23. The second-order valence-corrected chi connectivity index (χ2v) is 6.13. The maximum atomic E-state index is 14.1. The number of H-pyrrole nitrogens is 1. The number of fused-ring (bicyclic) bond motifs is 1. The van der Waals surface area contributed by atoms with Crippen LogP contribution in [0.1, 0.15) is 35.2 Å². The molecular formula is C19H17FN2O2. The average molecular weight is 324 g/mol. The SMILES string of the molecule is O=c1[nH]nc(Cc2ccc(F)c(-c3ccco3)c2)c2c1CCCC2. The first-order valence-corrected chi connectivity index (χ1v) is 8.14. The molecule has 0 atom stereocenters. The predicted octanol–water partition coefficient (Wildman–Crippen LogP) is 3.64. The minimum absolute atomic E-state index is 0.0798. The van der Waals surface area contributed by atoms with E-state index in [2.05, 4.69) is 10.2 Å². The van der Waals surface area contributed by atoms with Crippen molar-refractivity contribution in [2.45, 2.75) is 32.1 Å². The van der Waals surface area contributed by atoms with E-state index in [1.807, 2.05) is 0 Å². The number of hydrogen-bond acceptors (Lipinski definition) is 3. The molecule has 0 aliphatic heterocycles. The van der Waals surface area contributed by atoms with Crippen molar-refractivity contribution in [2.24, 2.45) is 0 Å². The van der Waals surface area contributed by atoms with Crippen LogP contribution >= 0.6 is 0 Å². The fourth-order valence-electron chi connectivity index (χ4n) is 3.37. The van der Waals surface area contributed by atoms with E-state index in [-0.39, 0.29) is 11.4 Å². The highest BCUT2D eigenvalue weighted by Gasteiger charge is 2.18. The molecule has 0 bridgehead atoms. The van der Waals surface area contributed by atoms with Crippen molar-refractivity contribution in [3.05, 3.63) is 75.2 Å². The zero-order chi connectivity index (χ0) is 16.5. The van der Waals surface area contributed by atoms with Gasteiger partial charge in [-0.3, -0.25) is 4.79 Å². The lowest BCUT2D eigenvalue weighted by molar-refractivity contribution is 0.569. The van der Waals surface area contributed by atoms with Crippen molar-refractivity contribution >= 4 is 0 Å². The molecule has 1 aliphatic carbocycles. The number of aromatic nitrogens is 2. The summed E-state index contributed by atoms with van der Waals surface area (Å²) in [6.45, 7) is 0. The molecule has 2 aromatic heterocycles. The van der Waals surface area contributed by atoms with E-state index in [0.717, 1.165) is 48.1 Å². The quantitative estimate of drug-likeness (QED) is 0.800. The van der Waals surface area contributed by atoms with Crippen LogP contribution in [-0.4, -0.2) is 10.2 Å². The Balaban J connectivity index is 1.72. The van der Waals surface area contributed by atoms with Crippen molar-refractivity contribution in [1.82, 2.24) is 10.2 Å². The Morgan fingerprint density at radius 3 is 2.79 bits per heavy atom. The largest absolute Gasteiger partial charge is 0.464 e. The van der Waals surface area contributed by atoms with Crippen LogP contribution < -0.4 is 5.56 Å². The third kappa shape index (κ3) is 2.66. The number of nitrogens with zero attached hydrogens (tertiary/aromatic N) is 1. The summed E-state index contributed by atoms with van der Waals surface area (Å²) in [5.41, 5.74) is 4.10. The number of rotatable bonds is 3. The van der Waals surface area contributed by atoms with Gasteiger partial charge in [-0.25, -0.2) is 9.49 Å². The molecule has 0 radical (unpaired) electrons. The van der Waals surface area contributed by atoms with Gasteiger partial charge in [0, 0.05) is 12.0 Å². The van der Waals surface area contributed by atoms with E-state index in [1.54, 1.807) is 24.3 Å². The van der Waals surface area contributed by atoms with E-state index >= 15 is 0 Å². The van der Waals surface area contributed by atoms with Gasteiger partial charge in [-0.1, -0.05) is 6.07 Å². The molecule has 1 aromatic carbocycles. The van der Waals surface area contributed by atoms with E-state index < -0.39 is 0 Å². The Morgan fingerprint density at radius 1 is 1.17 bits per heavy atom. The van der Waals surface area contributed by atoms with Crippen LogP contribution in [0.3, 0.4) is 0 Å². The highest BCUT2D eigenvalue weighted by Crippen LogP contribution is 2.27. The standard InChI is InChI=1S/C19H17FN2O2/c20-16-8-7-12(10-15(16)18-6-3-9-24-18)11-17-13-4-1-2-5-14(13)19(23)22-21-17/h3,6-10H,1-2,4-5,11H2,(H,22,23). The van der Waals surface area contributed by atoms with Gasteiger partial charge < -0.3 is 4.42 Å². The molecular weight excluding hydrogens is 307 g/mol. The van der Waals surface area contributed by atoms with Crippen LogP contribution in [0.15, 0.2) is 45.8 Å². The molecule has 1 N–H and O–H groups in total. The lowest BCUT2D eigenvalue weighted by atomic mass is 9.90. The smallest absolute Gasteiger partial charge is 0.267 e. The van der Waals surface area contributed by atoms with Gasteiger partial charge in [-0.2, -0.15) is 5.10 Å². The fourth-order valence-corrected chi connectivity index (χ4v) is 3.37. The minimum atomic E-state index is -0.315. The van der Waals surface area contributed by atoms with Crippen molar-refractivity contribution in [3.8, 4) is 11.3 Å². The Kier molecular flexibility index (Phi) is 3.76. The Labute approximate surface area is 138 Å². The predicted molar refractivity (Wildman–Crippen MR) is 88.4 cm³/mol. The van der Waals surface area contributed by atoms with Crippen molar-refractivity contribution in [1.29, 1.82) is 0 Å². The van der Waals surface area contributed by atoms with Crippen LogP contribution in [0, 0.1) is 5.82 Å². The zero-order valence-corrected chi connectivity index (χ0v) is 13.1. The van der Waals surface area contributed by atoms with Gasteiger partial charge in [0.25, 0.3) is 5.56 Å². The Morgan fingerprint density at radius 2 is 2.00 bits per heavy atom. The van der Waals surface area contributed by atoms with E-state index in [4.69, 9.17) is 4.42 Å². The van der Waals surface area contributed by atoms with Crippen LogP contribution in [0.4, 0.5) is 4.39 Å². The topological polar surface area (TPSA) is 58.9 Å². The van der Waals surface area contributed by atoms with Crippen LogP contribution in [-0.2, 0) is 19.3 Å². The first-order chi connectivity index (χ1) is 11.7. The second-order valence-electron chi connectivity index (χ2n) is 6.13. The highest BCUT2D eigenvalue weighted by atomic mass is 19.1. The first-order valence-electron chi connectivity index (χ1n) is 8.14. The number of benzene rings is 1. The second kappa shape index (κ2) is 6.07. The van der Waals surface area contributed by atoms with E-state index in [9.17, 15) is 9.18 Å². The molecule has 1 aliphatic rings. The minimum Gasteiger partial charge on any atom is -0.464 e. The third-order valence-corrected chi connectivity index (χ3v) is 4.57. The molecule has 0 saturated heterocycles. The highest BCUT2D eigenvalue weighted by molar-refractivity contribution is 5.59. The summed E-state index contributed by atoms with van der Waals surface area (Å²) >= 11 is 0. The molecule has 4 rings (SSSR count). The molecule has 0 spiro atoms. The van der Waals surface area contributed by atoms with Gasteiger partial charge in [0.05, 0.1) is 17.5 Å². The Hall–Kier alpha value is -2.69. The molecule has 24 heavy (non-hydrogen) atoms. The summed E-state index contributed by atoms with van der Waals surface area (Å²) in [7, 11) is 0. The molecule has 0 amide bonds. The van der Waals surface area contributed by atoms with Gasteiger partial charge in [-0.05, 0) is 61.1 Å². The van der Waals surface area contributed by atoms with Crippen LogP contribution in [0.25, 0.3) is 11.3 Å². The van der Waals surface area contributed by atoms with E-state index in [0.29, 0.717) is 17.7 Å². The number of nitrogens with one attached hydrogen (secondary N) is 1. The number of hydrogen-bond donors (Lipinski definition) is 1. The van der Waals surface area contributed by atoms with Crippen molar-refractivity contribution in [2.75, 3.05) is 0 Å². The summed E-state index contributed by atoms with van der Waals surface area (Å²) < 4.78 is 19.4. The van der Waals surface area contributed by atoms with Gasteiger partial charge in [-0.15, -0.1) is 0 Å². The fraction of sp³-hybridized carbons (Fsp3) is 0.263. The number of aromatic amines is 1. The van der Waals surface area contributed by atoms with Gasteiger partial charge >= 0.3 is 0 Å². The number of furan rings is 1. The molecule has 0 unspecified atom stereocenters. The normalized spacial score (nSPS) is 13.7. The van der Waals surface area contributed by atoms with Crippen LogP contribution in [0.2, 0.25) is 0 Å². The Bertz CT molecular complexity index is 929. The molecule has 4 nitrogen and oxygen atoms in total. The number of halogens is 1. The average Bonchev–Trinajstić information content (AvgIpc) is 3.14. The van der Waals surface area contributed by atoms with Gasteiger partial charge in [0.2, 0.25) is 0 Å². The summed E-state index contributed by atoms with van der Waals surface area (Å²) in [4.78, 5) is 11.9. The molecule has 0 saturated carbocycles. The maximum absolute atomic E-state index is 14.1. The van der Waals surface area contributed by atoms with E-state index in [1.165, 1.54) is 12.3 Å². The lowest BCUT2D eigenvalue weighted by Gasteiger charge is -2.17. The molecule has 122 valence electrons. The van der Waals surface area contributed by atoms with Gasteiger partial charge in [0.1, 0.15) is 11.6 Å². The van der Waals surface area contributed by atoms with Crippen molar-refractivity contribution < 1.29 is 8.81 Å². The van der Waals surface area contributed by atoms with Crippen molar-refractivity contribution in [3.63, 3.8) is 0 Å². The van der Waals surface area contributed by atoms with Crippen LogP contribution in [0.5, 0.6) is 0 Å². The molecule has 0 fully saturated rings. The van der Waals surface area contributed by atoms with Gasteiger partial charge in [0.15, 0.2) is 0 Å². The summed E-state index contributed by atoms with van der Waals surface area (Å²) in [6.07, 6.45) is 5.90.